The molecule has 2 heterocycles. The molecule has 0 saturated heterocycles. The van der Waals surface area contributed by atoms with E-state index in [4.69, 9.17) is 0 Å². The average molecular weight is 309 g/mol. The SMILES string of the molecule is FC(F)(F)C1=C(C(F)(F)F)C2(Br)C=CC1O2. The van der Waals surface area contributed by atoms with Gasteiger partial charge in [0.1, 0.15) is 6.10 Å². The number of alkyl halides is 7. The predicted octanol–water partition coefficient (Wildman–Crippen LogP) is 3.47. The van der Waals surface area contributed by atoms with Gasteiger partial charge in [-0.1, -0.05) is 6.08 Å². The van der Waals surface area contributed by atoms with Crippen LogP contribution < -0.4 is 0 Å². The van der Waals surface area contributed by atoms with Crippen molar-refractivity contribution in [2.75, 3.05) is 0 Å². The van der Waals surface area contributed by atoms with Crippen LogP contribution in [0.3, 0.4) is 0 Å². The van der Waals surface area contributed by atoms with Gasteiger partial charge in [0.2, 0.25) is 0 Å². The largest absolute Gasteiger partial charge is 0.417 e. The van der Waals surface area contributed by atoms with E-state index in [-0.39, 0.29) is 0 Å². The van der Waals surface area contributed by atoms with E-state index in [1.165, 1.54) is 0 Å². The molecule has 0 saturated carbocycles. The molecule has 2 unspecified atom stereocenters. The summed E-state index contributed by atoms with van der Waals surface area (Å²) in [6.45, 7) is 0. The quantitative estimate of drug-likeness (QED) is 0.378. The highest BCUT2D eigenvalue weighted by atomic mass is 79.9. The summed E-state index contributed by atoms with van der Waals surface area (Å²) in [7, 11) is 0. The maximum Gasteiger partial charge on any atom is 0.417 e. The zero-order chi connectivity index (χ0) is 12.4. The van der Waals surface area contributed by atoms with Crippen LogP contribution in [0.4, 0.5) is 26.3 Å². The van der Waals surface area contributed by atoms with Crippen molar-refractivity contribution < 1.29 is 31.1 Å². The van der Waals surface area contributed by atoms with Crippen LogP contribution in [0.25, 0.3) is 0 Å². The van der Waals surface area contributed by atoms with Crippen LogP contribution in [0.1, 0.15) is 0 Å². The van der Waals surface area contributed by atoms with Gasteiger partial charge in [-0.25, -0.2) is 0 Å². The number of fused-ring (bicyclic) bond motifs is 2. The summed E-state index contributed by atoms with van der Waals surface area (Å²) in [6.07, 6.45) is -9.96. The predicted molar refractivity (Wildman–Crippen MR) is 44.8 cm³/mol. The van der Waals surface area contributed by atoms with E-state index in [0.29, 0.717) is 0 Å². The van der Waals surface area contributed by atoms with Crippen molar-refractivity contribution in [2.24, 2.45) is 0 Å². The van der Waals surface area contributed by atoms with Crippen LogP contribution in [0.2, 0.25) is 0 Å². The highest BCUT2D eigenvalue weighted by Gasteiger charge is 2.63. The first-order valence-corrected chi connectivity index (χ1v) is 4.80. The fourth-order valence-electron chi connectivity index (χ4n) is 1.75. The van der Waals surface area contributed by atoms with Gasteiger partial charge in [0, 0.05) is 0 Å². The average Bonchev–Trinajstić information content (AvgIpc) is 2.52. The third kappa shape index (κ3) is 1.58. The number of hydrogen-bond donors (Lipinski definition) is 0. The van der Waals surface area contributed by atoms with Crippen molar-refractivity contribution in [3.8, 4) is 0 Å². The van der Waals surface area contributed by atoms with Crippen molar-refractivity contribution >= 4 is 15.9 Å². The molecule has 0 aromatic rings. The Labute approximate surface area is 93.9 Å². The molecule has 1 nitrogen and oxygen atoms in total. The molecule has 2 aliphatic rings. The zero-order valence-electron chi connectivity index (χ0n) is 7.29. The van der Waals surface area contributed by atoms with Crippen LogP contribution in [-0.4, -0.2) is 23.0 Å². The molecule has 0 spiro atoms. The van der Waals surface area contributed by atoms with Crippen LogP contribution in [0.5, 0.6) is 0 Å². The first-order chi connectivity index (χ1) is 7.06. The van der Waals surface area contributed by atoms with E-state index in [1.807, 2.05) is 0 Å². The van der Waals surface area contributed by atoms with Crippen molar-refractivity contribution in [2.45, 2.75) is 23.0 Å². The molecule has 0 aromatic carbocycles. The van der Waals surface area contributed by atoms with Gasteiger partial charge in [0.15, 0.2) is 4.51 Å². The van der Waals surface area contributed by atoms with Crippen LogP contribution in [0, 0.1) is 0 Å². The van der Waals surface area contributed by atoms with Gasteiger partial charge < -0.3 is 4.74 Å². The molecule has 2 bridgehead atoms. The first-order valence-electron chi connectivity index (χ1n) is 4.01. The minimum Gasteiger partial charge on any atom is -0.344 e. The van der Waals surface area contributed by atoms with Gasteiger partial charge in [-0.15, -0.1) is 0 Å². The second kappa shape index (κ2) is 3.04. The number of rotatable bonds is 0. The zero-order valence-corrected chi connectivity index (χ0v) is 8.87. The lowest BCUT2D eigenvalue weighted by Crippen LogP contribution is -2.31. The highest BCUT2D eigenvalue weighted by Crippen LogP contribution is 2.56. The molecule has 2 aliphatic heterocycles. The molecule has 0 amide bonds. The molecule has 0 aliphatic carbocycles. The van der Waals surface area contributed by atoms with Crippen molar-refractivity contribution in [3.05, 3.63) is 23.3 Å². The van der Waals surface area contributed by atoms with Crippen molar-refractivity contribution in [3.63, 3.8) is 0 Å². The normalized spacial score (nSPS) is 34.1. The Morgan fingerprint density at radius 1 is 1.12 bits per heavy atom. The Morgan fingerprint density at radius 2 is 1.69 bits per heavy atom. The van der Waals surface area contributed by atoms with Gasteiger partial charge in [0.05, 0.1) is 11.1 Å². The van der Waals surface area contributed by atoms with Gasteiger partial charge >= 0.3 is 12.4 Å². The van der Waals surface area contributed by atoms with Gasteiger partial charge in [-0.3, -0.25) is 0 Å². The summed E-state index contributed by atoms with van der Waals surface area (Å²) < 4.78 is 77.5. The topological polar surface area (TPSA) is 9.23 Å². The van der Waals surface area contributed by atoms with Crippen LogP contribution >= 0.6 is 15.9 Å². The van der Waals surface area contributed by atoms with Crippen molar-refractivity contribution in [1.29, 1.82) is 0 Å². The summed E-state index contributed by atoms with van der Waals surface area (Å²) in [5, 5.41) is 0. The van der Waals surface area contributed by atoms with E-state index in [9.17, 15) is 26.3 Å². The first kappa shape index (κ1) is 12.0. The minimum absolute atomic E-state index is 0.926. The van der Waals surface area contributed by atoms with E-state index in [2.05, 4.69) is 20.7 Å². The van der Waals surface area contributed by atoms with E-state index in [0.717, 1.165) is 12.2 Å². The van der Waals surface area contributed by atoms with Crippen LogP contribution in [0.15, 0.2) is 23.3 Å². The lowest BCUT2D eigenvalue weighted by Gasteiger charge is -2.22. The Hall–Kier alpha value is -0.500. The van der Waals surface area contributed by atoms with E-state index < -0.39 is 34.1 Å². The van der Waals surface area contributed by atoms with E-state index in [1.54, 1.807) is 0 Å². The number of halogens is 7. The van der Waals surface area contributed by atoms with E-state index >= 15 is 0 Å². The van der Waals surface area contributed by atoms with Crippen LogP contribution in [-0.2, 0) is 4.74 Å². The lowest BCUT2D eigenvalue weighted by atomic mass is 9.96. The summed E-state index contributed by atoms with van der Waals surface area (Å²) in [5.74, 6) is 0. The Bertz CT molecular complexity index is 392. The van der Waals surface area contributed by atoms with Gasteiger partial charge in [-0.2, -0.15) is 26.3 Å². The monoisotopic (exact) mass is 308 g/mol. The lowest BCUT2D eigenvalue weighted by molar-refractivity contribution is -0.116. The molecular formula is C8H3BrF6O. The maximum atomic E-state index is 12.5. The van der Waals surface area contributed by atoms with Crippen molar-refractivity contribution in [1.82, 2.24) is 0 Å². The Morgan fingerprint density at radius 3 is 2.06 bits per heavy atom. The standard InChI is InChI=1S/C8H3BrF6O/c9-6-2-1-3(16-6)4(7(10,11)12)5(6)8(13,14)15/h1-3H. The Kier molecular flexibility index (Phi) is 2.27. The summed E-state index contributed by atoms with van der Waals surface area (Å²) in [5.41, 5.74) is -3.40. The molecule has 0 fully saturated rings. The van der Waals surface area contributed by atoms with Gasteiger partial charge in [0.25, 0.3) is 0 Å². The smallest absolute Gasteiger partial charge is 0.344 e. The fourth-order valence-corrected chi connectivity index (χ4v) is 2.54. The maximum absolute atomic E-state index is 12.5. The minimum atomic E-state index is -5.09. The number of hydrogen-bond acceptors (Lipinski definition) is 1. The molecule has 2 rings (SSSR count). The fraction of sp³-hybridized carbons (Fsp3) is 0.500. The molecule has 0 N–H and O–H groups in total. The molecule has 16 heavy (non-hydrogen) atoms. The number of ether oxygens (including phenoxy) is 1. The second-order valence-corrected chi connectivity index (χ2v) is 4.50. The summed E-state index contributed by atoms with van der Waals surface area (Å²) in [6, 6.07) is 0. The third-order valence-electron chi connectivity index (χ3n) is 2.27. The molecular weight excluding hydrogens is 306 g/mol. The summed E-state index contributed by atoms with van der Waals surface area (Å²) >= 11 is 2.53. The molecule has 8 heteroatoms. The highest BCUT2D eigenvalue weighted by molar-refractivity contribution is 9.10. The summed E-state index contributed by atoms with van der Waals surface area (Å²) in [4.78, 5) is 0. The Balaban J connectivity index is 2.61. The van der Waals surface area contributed by atoms with Gasteiger partial charge in [-0.05, 0) is 22.0 Å². The second-order valence-electron chi connectivity index (χ2n) is 3.33. The third-order valence-corrected chi connectivity index (χ3v) is 3.12. The molecule has 0 aromatic heterocycles. The molecule has 2 atom stereocenters. The molecule has 90 valence electrons. The molecule has 0 radical (unpaired) electrons.